The zero-order valence-electron chi connectivity index (χ0n) is 15.1. The van der Waals surface area contributed by atoms with Gasteiger partial charge in [-0.25, -0.2) is 4.39 Å². The van der Waals surface area contributed by atoms with E-state index in [0.717, 1.165) is 11.8 Å². The summed E-state index contributed by atoms with van der Waals surface area (Å²) in [5, 5.41) is 19.6. The topological polar surface area (TPSA) is 94.2 Å². The van der Waals surface area contributed by atoms with Crippen LogP contribution in [0.2, 0.25) is 0 Å². The third kappa shape index (κ3) is 4.17. The van der Waals surface area contributed by atoms with Crippen LogP contribution in [0.3, 0.4) is 0 Å². The second-order valence-corrected chi connectivity index (χ2v) is 7.03. The Bertz CT molecular complexity index is 1040. The highest BCUT2D eigenvalue weighted by atomic mass is 32.2. The molecule has 0 fully saturated rings. The molecule has 28 heavy (non-hydrogen) atoms. The molecular weight excluding hydrogens is 385 g/mol. The summed E-state index contributed by atoms with van der Waals surface area (Å²) < 4.78 is 15.4. The molecule has 0 radical (unpaired) electrons. The van der Waals surface area contributed by atoms with Gasteiger partial charge in [0.05, 0.1) is 9.82 Å². The summed E-state index contributed by atoms with van der Waals surface area (Å²) in [4.78, 5) is 25.3. The first-order chi connectivity index (χ1) is 13.4. The summed E-state index contributed by atoms with van der Waals surface area (Å²) in [6.45, 7) is 0.0503. The average molecular weight is 401 g/mol. The Hall–Kier alpha value is -3.27. The molecule has 0 aliphatic carbocycles. The Morgan fingerprint density at radius 2 is 2.07 bits per heavy atom. The van der Waals surface area contributed by atoms with Gasteiger partial charge in [-0.3, -0.25) is 14.9 Å². The predicted octanol–water partition coefficient (Wildman–Crippen LogP) is 3.29. The van der Waals surface area contributed by atoms with E-state index in [1.165, 1.54) is 42.5 Å². The van der Waals surface area contributed by atoms with Crippen LogP contribution in [-0.4, -0.2) is 37.5 Å². The normalized spacial score (nSPS) is 10.7. The van der Waals surface area contributed by atoms with Crippen molar-refractivity contribution >= 4 is 23.4 Å². The summed E-state index contributed by atoms with van der Waals surface area (Å²) in [6.07, 6.45) is 1.49. The molecular formula is C18H16FN5O3S. The summed E-state index contributed by atoms with van der Waals surface area (Å²) in [5.41, 5.74) is 0.299. The number of nitro benzene ring substituents is 1. The number of benzene rings is 2. The number of aromatic nitrogens is 3. The molecule has 1 heterocycles. The lowest BCUT2D eigenvalue weighted by molar-refractivity contribution is -0.387. The fourth-order valence-corrected chi connectivity index (χ4v) is 3.37. The molecule has 0 spiro atoms. The number of halogens is 1. The lowest BCUT2D eigenvalue weighted by Gasteiger charge is -2.18. The lowest BCUT2D eigenvalue weighted by atomic mass is 10.1. The van der Waals surface area contributed by atoms with E-state index in [1.807, 2.05) is 0 Å². The number of nitro groups is 1. The van der Waals surface area contributed by atoms with Crippen molar-refractivity contribution in [2.24, 2.45) is 7.05 Å². The van der Waals surface area contributed by atoms with Crippen LogP contribution in [0.5, 0.6) is 0 Å². The maximum Gasteiger partial charge on any atom is 0.284 e. The van der Waals surface area contributed by atoms with Gasteiger partial charge in [0.2, 0.25) is 0 Å². The number of nitrogens with zero attached hydrogens (tertiary/aromatic N) is 5. The van der Waals surface area contributed by atoms with E-state index in [9.17, 15) is 19.3 Å². The lowest BCUT2D eigenvalue weighted by Crippen LogP contribution is -2.26. The standard InChI is InChI=1S/C18H16FN5O3S/c1-22(10-13-5-3-4-6-14(13)19)17(25)12-7-8-16(15(9-12)24(26)27)28-18-21-20-11-23(18)2/h3-9,11H,10H2,1-2H3. The second kappa shape index (κ2) is 8.17. The van der Waals surface area contributed by atoms with Crippen LogP contribution in [0.4, 0.5) is 10.1 Å². The smallest absolute Gasteiger partial charge is 0.284 e. The molecule has 2 aromatic carbocycles. The molecule has 0 unspecified atom stereocenters. The van der Waals surface area contributed by atoms with Crippen molar-refractivity contribution in [1.82, 2.24) is 19.7 Å². The largest absolute Gasteiger partial charge is 0.337 e. The third-order valence-electron chi connectivity index (χ3n) is 3.99. The minimum atomic E-state index is -0.549. The van der Waals surface area contributed by atoms with E-state index in [0.29, 0.717) is 15.6 Å². The van der Waals surface area contributed by atoms with Gasteiger partial charge in [-0.1, -0.05) is 18.2 Å². The Balaban J connectivity index is 1.84. The summed E-state index contributed by atoms with van der Waals surface area (Å²) in [6, 6.07) is 10.4. The maximum absolute atomic E-state index is 13.8. The Morgan fingerprint density at radius 3 is 2.71 bits per heavy atom. The summed E-state index contributed by atoms with van der Waals surface area (Å²) in [7, 11) is 3.24. The van der Waals surface area contributed by atoms with Crippen molar-refractivity contribution in [2.75, 3.05) is 7.05 Å². The highest BCUT2D eigenvalue weighted by molar-refractivity contribution is 7.99. The van der Waals surface area contributed by atoms with Gasteiger partial charge in [-0.2, -0.15) is 0 Å². The monoisotopic (exact) mass is 401 g/mol. The van der Waals surface area contributed by atoms with Crippen molar-refractivity contribution in [3.63, 3.8) is 0 Å². The van der Waals surface area contributed by atoms with E-state index < -0.39 is 16.6 Å². The first-order valence-corrected chi connectivity index (χ1v) is 8.97. The van der Waals surface area contributed by atoms with Crippen molar-refractivity contribution in [2.45, 2.75) is 16.6 Å². The van der Waals surface area contributed by atoms with Gasteiger partial charge in [0.25, 0.3) is 11.6 Å². The molecule has 0 aliphatic rings. The first-order valence-electron chi connectivity index (χ1n) is 8.16. The van der Waals surface area contributed by atoms with Gasteiger partial charge in [-0.15, -0.1) is 10.2 Å². The van der Waals surface area contributed by atoms with E-state index in [1.54, 1.807) is 29.8 Å². The molecule has 1 aromatic heterocycles. The quantitative estimate of drug-likeness (QED) is 0.465. The van der Waals surface area contributed by atoms with Crippen LogP contribution in [0.15, 0.2) is 58.8 Å². The van der Waals surface area contributed by atoms with Crippen LogP contribution < -0.4 is 0 Å². The number of carbonyl (C=O) groups excluding carboxylic acids is 1. The number of carbonyl (C=O) groups is 1. The van der Waals surface area contributed by atoms with Crippen molar-refractivity contribution in [3.8, 4) is 0 Å². The fourth-order valence-electron chi connectivity index (χ4n) is 2.52. The van der Waals surface area contributed by atoms with Crippen molar-refractivity contribution in [3.05, 3.63) is 75.9 Å². The predicted molar refractivity (Wildman–Crippen MR) is 100 cm³/mol. The molecule has 3 rings (SSSR count). The van der Waals surface area contributed by atoms with E-state index in [2.05, 4.69) is 10.2 Å². The first kappa shape index (κ1) is 19.5. The molecule has 3 aromatic rings. The number of rotatable bonds is 6. The summed E-state index contributed by atoms with van der Waals surface area (Å²) >= 11 is 1.08. The molecule has 0 N–H and O–H groups in total. The Labute approximate surface area is 164 Å². The number of amides is 1. The minimum Gasteiger partial charge on any atom is -0.337 e. The zero-order chi connectivity index (χ0) is 20.3. The van der Waals surface area contributed by atoms with Gasteiger partial charge >= 0.3 is 0 Å². The molecule has 0 bridgehead atoms. The molecule has 1 amide bonds. The molecule has 0 saturated carbocycles. The average Bonchev–Trinajstić information content (AvgIpc) is 3.07. The van der Waals surface area contributed by atoms with Crippen LogP contribution in [-0.2, 0) is 13.6 Å². The molecule has 0 atom stereocenters. The van der Waals surface area contributed by atoms with Gasteiger partial charge in [0, 0.05) is 37.8 Å². The van der Waals surface area contributed by atoms with Crippen LogP contribution in [0.25, 0.3) is 0 Å². The molecule has 144 valence electrons. The van der Waals surface area contributed by atoms with Gasteiger partial charge < -0.3 is 9.47 Å². The van der Waals surface area contributed by atoms with E-state index in [-0.39, 0.29) is 17.8 Å². The fraction of sp³-hybridized carbons (Fsp3) is 0.167. The van der Waals surface area contributed by atoms with Crippen molar-refractivity contribution < 1.29 is 14.1 Å². The highest BCUT2D eigenvalue weighted by Crippen LogP contribution is 2.34. The van der Waals surface area contributed by atoms with Crippen molar-refractivity contribution in [1.29, 1.82) is 0 Å². The number of hydrogen-bond donors (Lipinski definition) is 0. The highest BCUT2D eigenvalue weighted by Gasteiger charge is 2.22. The maximum atomic E-state index is 13.8. The number of aryl methyl sites for hydroxylation is 1. The Kier molecular flexibility index (Phi) is 5.69. The Morgan fingerprint density at radius 1 is 1.32 bits per heavy atom. The molecule has 8 nitrogen and oxygen atoms in total. The van der Waals surface area contributed by atoms with Gasteiger partial charge in [0.15, 0.2) is 5.16 Å². The van der Waals surface area contributed by atoms with Crippen LogP contribution in [0, 0.1) is 15.9 Å². The van der Waals surface area contributed by atoms with E-state index in [4.69, 9.17) is 0 Å². The second-order valence-electron chi connectivity index (χ2n) is 6.02. The molecule has 0 saturated heterocycles. The minimum absolute atomic E-state index is 0.0503. The number of hydrogen-bond acceptors (Lipinski definition) is 6. The van der Waals surface area contributed by atoms with Crippen LogP contribution in [0.1, 0.15) is 15.9 Å². The molecule has 0 aliphatic heterocycles. The zero-order valence-corrected chi connectivity index (χ0v) is 15.9. The SMILES string of the molecule is CN(Cc1ccccc1F)C(=O)c1ccc(Sc2nncn2C)c([N+](=O)[O-])c1. The van der Waals surface area contributed by atoms with Gasteiger partial charge in [-0.05, 0) is 30.0 Å². The van der Waals surface area contributed by atoms with Gasteiger partial charge in [0.1, 0.15) is 12.1 Å². The molecule has 10 heteroatoms. The van der Waals surface area contributed by atoms with Crippen LogP contribution >= 0.6 is 11.8 Å². The summed E-state index contributed by atoms with van der Waals surface area (Å²) in [5.74, 6) is -0.856. The van der Waals surface area contributed by atoms with E-state index >= 15 is 0 Å². The third-order valence-corrected chi connectivity index (χ3v) is 5.10.